The van der Waals surface area contributed by atoms with E-state index >= 15 is 0 Å². The van der Waals surface area contributed by atoms with Gasteiger partial charge in [-0.25, -0.2) is 4.98 Å². The summed E-state index contributed by atoms with van der Waals surface area (Å²) in [5.74, 6) is 0.866. The fourth-order valence-electron chi connectivity index (χ4n) is 3.15. The van der Waals surface area contributed by atoms with Gasteiger partial charge in [0.2, 0.25) is 5.91 Å². The highest BCUT2D eigenvalue weighted by molar-refractivity contribution is 5.97. The van der Waals surface area contributed by atoms with Crippen LogP contribution in [0.25, 0.3) is 5.65 Å². The monoisotopic (exact) mass is 284 g/mol. The molecule has 1 aliphatic carbocycles. The molecule has 2 aromatic rings. The van der Waals surface area contributed by atoms with E-state index in [9.17, 15) is 4.79 Å². The largest absolute Gasteiger partial charge is 0.325 e. The molecule has 0 spiro atoms. The van der Waals surface area contributed by atoms with Crippen LogP contribution in [0.1, 0.15) is 49.3 Å². The Morgan fingerprint density at radius 1 is 1.29 bits per heavy atom. The number of piperidine rings is 1. The number of amides is 1. The van der Waals surface area contributed by atoms with Crippen molar-refractivity contribution >= 4 is 17.2 Å². The number of carbonyl (C=O) groups is 1. The Labute approximate surface area is 123 Å². The van der Waals surface area contributed by atoms with Crippen LogP contribution in [-0.2, 0) is 11.3 Å². The highest BCUT2D eigenvalue weighted by atomic mass is 16.2. The van der Waals surface area contributed by atoms with E-state index in [0.29, 0.717) is 18.9 Å². The summed E-state index contributed by atoms with van der Waals surface area (Å²) < 4.78 is 2.05. The van der Waals surface area contributed by atoms with Gasteiger partial charge in [0.25, 0.3) is 0 Å². The first-order valence-electron chi connectivity index (χ1n) is 7.78. The molecule has 2 aromatic heterocycles. The highest BCUT2D eigenvalue weighted by Crippen LogP contribution is 2.42. The Morgan fingerprint density at radius 2 is 2.14 bits per heavy atom. The van der Waals surface area contributed by atoms with Crippen LogP contribution in [-0.4, -0.2) is 21.8 Å². The van der Waals surface area contributed by atoms with Gasteiger partial charge in [0.05, 0.1) is 11.4 Å². The zero-order valence-corrected chi connectivity index (χ0v) is 12.1. The van der Waals surface area contributed by atoms with Crippen molar-refractivity contribution in [3.8, 4) is 0 Å². The zero-order valence-electron chi connectivity index (χ0n) is 12.1. The summed E-state index contributed by atoms with van der Waals surface area (Å²) >= 11 is 0. The van der Waals surface area contributed by atoms with Crippen LogP contribution >= 0.6 is 0 Å². The Balaban J connectivity index is 1.87. The zero-order chi connectivity index (χ0) is 14.4. The molecular weight excluding hydrogens is 264 g/mol. The molecule has 0 unspecified atom stereocenters. The van der Waals surface area contributed by atoms with Gasteiger partial charge < -0.3 is 15.0 Å². The first-order valence-corrected chi connectivity index (χ1v) is 7.78. The van der Waals surface area contributed by atoms with Crippen LogP contribution in [0.15, 0.2) is 18.5 Å². The smallest absolute Gasteiger partial charge is 0.227 e. The van der Waals surface area contributed by atoms with Crippen molar-refractivity contribution < 1.29 is 4.79 Å². The van der Waals surface area contributed by atoms with E-state index in [0.717, 1.165) is 36.4 Å². The van der Waals surface area contributed by atoms with Gasteiger partial charge in [-0.2, -0.15) is 0 Å². The van der Waals surface area contributed by atoms with Crippen molar-refractivity contribution in [1.82, 2.24) is 9.38 Å². The van der Waals surface area contributed by atoms with Crippen LogP contribution in [0, 0.1) is 0 Å². The van der Waals surface area contributed by atoms with Crippen molar-refractivity contribution in [3.05, 3.63) is 29.7 Å². The number of imidazole rings is 1. The molecule has 1 aliphatic heterocycles. The number of pyridine rings is 1. The summed E-state index contributed by atoms with van der Waals surface area (Å²) in [6.45, 7) is 1.22. The van der Waals surface area contributed by atoms with E-state index in [1.54, 1.807) is 0 Å². The molecule has 0 atom stereocenters. The van der Waals surface area contributed by atoms with Crippen LogP contribution in [0.4, 0.5) is 5.69 Å². The molecular formula is C16H20N4O. The molecule has 5 heteroatoms. The lowest BCUT2D eigenvalue weighted by Gasteiger charge is -2.27. The third-order valence-electron chi connectivity index (χ3n) is 4.47. The summed E-state index contributed by atoms with van der Waals surface area (Å²) in [6, 6.07) is 2.17. The lowest BCUT2D eigenvalue weighted by Crippen LogP contribution is -2.35. The molecule has 1 amide bonds. The van der Waals surface area contributed by atoms with Crippen molar-refractivity contribution in [2.45, 2.75) is 44.6 Å². The van der Waals surface area contributed by atoms with Gasteiger partial charge in [-0.15, -0.1) is 0 Å². The van der Waals surface area contributed by atoms with Gasteiger partial charge in [-0.1, -0.05) is 0 Å². The summed E-state index contributed by atoms with van der Waals surface area (Å²) in [5, 5.41) is 0. The van der Waals surface area contributed by atoms with Gasteiger partial charge in [-0.05, 0) is 43.2 Å². The van der Waals surface area contributed by atoms with Gasteiger partial charge in [0, 0.05) is 31.9 Å². The van der Waals surface area contributed by atoms with Gasteiger partial charge in [0.1, 0.15) is 0 Å². The molecule has 2 aliphatic rings. The lowest BCUT2D eigenvalue weighted by atomic mass is 10.1. The Hall–Kier alpha value is -1.88. The van der Waals surface area contributed by atoms with Crippen LogP contribution in [0.5, 0.6) is 0 Å². The standard InChI is InChI=1S/C16H20N4O/c17-8-13-10-19-9-12(11-4-5-11)7-14(16(19)18-13)20-6-2-1-3-15(20)21/h7,9-11H,1-6,8,17H2. The van der Waals surface area contributed by atoms with E-state index in [-0.39, 0.29) is 5.91 Å². The first kappa shape index (κ1) is 12.8. The number of rotatable bonds is 3. The molecule has 1 saturated carbocycles. The fourth-order valence-corrected chi connectivity index (χ4v) is 3.15. The summed E-state index contributed by atoms with van der Waals surface area (Å²) in [4.78, 5) is 18.8. The molecule has 2 fully saturated rings. The highest BCUT2D eigenvalue weighted by Gasteiger charge is 2.28. The predicted molar refractivity (Wildman–Crippen MR) is 81.3 cm³/mol. The predicted octanol–water partition coefficient (Wildman–Crippen LogP) is 2.19. The van der Waals surface area contributed by atoms with Crippen LogP contribution < -0.4 is 10.6 Å². The molecule has 0 aromatic carbocycles. The molecule has 4 rings (SSSR count). The van der Waals surface area contributed by atoms with Crippen molar-refractivity contribution in [3.63, 3.8) is 0 Å². The second kappa shape index (κ2) is 4.84. The molecule has 5 nitrogen and oxygen atoms in total. The maximum Gasteiger partial charge on any atom is 0.227 e. The van der Waals surface area contributed by atoms with Crippen LogP contribution in [0.2, 0.25) is 0 Å². The van der Waals surface area contributed by atoms with Crippen molar-refractivity contribution in [1.29, 1.82) is 0 Å². The van der Waals surface area contributed by atoms with E-state index in [4.69, 9.17) is 5.73 Å². The number of anilines is 1. The van der Waals surface area contributed by atoms with E-state index in [1.807, 2.05) is 15.5 Å². The number of nitrogens with two attached hydrogens (primary N) is 1. The average Bonchev–Trinajstić information content (AvgIpc) is 3.26. The Morgan fingerprint density at radius 3 is 2.86 bits per heavy atom. The minimum Gasteiger partial charge on any atom is -0.325 e. The Kier molecular flexibility index (Phi) is 2.96. The second-order valence-electron chi connectivity index (χ2n) is 6.10. The quantitative estimate of drug-likeness (QED) is 0.939. The third kappa shape index (κ3) is 2.21. The third-order valence-corrected chi connectivity index (χ3v) is 4.47. The van der Waals surface area contributed by atoms with E-state index in [1.165, 1.54) is 18.4 Å². The van der Waals surface area contributed by atoms with Crippen molar-refractivity contribution in [2.75, 3.05) is 11.4 Å². The topological polar surface area (TPSA) is 63.6 Å². The minimum atomic E-state index is 0.216. The fraction of sp³-hybridized carbons (Fsp3) is 0.500. The van der Waals surface area contributed by atoms with Gasteiger partial charge in [-0.3, -0.25) is 4.79 Å². The normalized spacial score (nSPS) is 19.5. The SMILES string of the molecule is NCc1cn2cc(C3CC3)cc(N3CCCCC3=O)c2n1. The summed E-state index contributed by atoms with van der Waals surface area (Å²) in [5.41, 5.74) is 9.73. The molecule has 110 valence electrons. The summed E-state index contributed by atoms with van der Waals surface area (Å²) in [7, 11) is 0. The molecule has 21 heavy (non-hydrogen) atoms. The second-order valence-corrected chi connectivity index (χ2v) is 6.10. The van der Waals surface area contributed by atoms with Gasteiger partial charge in [0.15, 0.2) is 5.65 Å². The number of carbonyl (C=O) groups excluding carboxylic acids is 1. The number of fused-ring (bicyclic) bond motifs is 1. The number of nitrogens with zero attached hydrogens (tertiary/aromatic N) is 3. The molecule has 1 saturated heterocycles. The molecule has 3 heterocycles. The van der Waals surface area contributed by atoms with Crippen molar-refractivity contribution in [2.24, 2.45) is 5.73 Å². The van der Waals surface area contributed by atoms with E-state index < -0.39 is 0 Å². The molecule has 2 N–H and O–H groups in total. The minimum absolute atomic E-state index is 0.216. The number of aromatic nitrogens is 2. The average molecular weight is 284 g/mol. The maximum absolute atomic E-state index is 12.3. The molecule has 0 bridgehead atoms. The summed E-state index contributed by atoms with van der Waals surface area (Å²) in [6.07, 6.45) is 9.33. The molecule has 0 radical (unpaired) electrons. The number of hydrogen-bond acceptors (Lipinski definition) is 3. The maximum atomic E-state index is 12.3. The number of hydrogen-bond donors (Lipinski definition) is 1. The van der Waals surface area contributed by atoms with Gasteiger partial charge >= 0.3 is 0 Å². The lowest BCUT2D eigenvalue weighted by molar-refractivity contribution is -0.119. The Bertz CT molecular complexity index is 702. The van der Waals surface area contributed by atoms with Crippen LogP contribution in [0.3, 0.4) is 0 Å². The van der Waals surface area contributed by atoms with E-state index in [2.05, 4.69) is 17.2 Å². The first-order chi connectivity index (χ1) is 10.3.